The molecule has 0 fully saturated rings. The number of hydrogen-bond acceptors (Lipinski definition) is 3. The Bertz CT molecular complexity index is 1170. The molecule has 0 spiro atoms. The summed E-state index contributed by atoms with van der Waals surface area (Å²) in [5.41, 5.74) is 1.38. The first-order valence-corrected chi connectivity index (χ1v) is 12.5. The van der Waals surface area contributed by atoms with Gasteiger partial charge in [0.15, 0.2) is 0 Å². The van der Waals surface area contributed by atoms with Crippen molar-refractivity contribution in [2.45, 2.75) is 38.9 Å². The second-order valence-corrected chi connectivity index (χ2v) is 9.79. The lowest BCUT2D eigenvalue weighted by atomic mass is 9.99. The lowest BCUT2D eigenvalue weighted by molar-refractivity contribution is -0.138. The number of hydrogen-bond donors (Lipinski definition) is 1. The van der Waals surface area contributed by atoms with Gasteiger partial charge in [0, 0.05) is 25.6 Å². The molecule has 0 aliphatic carbocycles. The van der Waals surface area contributed by atoms with Gasteiger partial charge in [0.05, 0.1) is 23.6 Å². The van der Waals surface area contributed by atoms with Crippen molar-refractivity contribution in [1.82, 2.24) is 4.90 Å². The molecule has 0 bridgehead atoms. The molecule has 3 rings (SSSR count). The zero-order valence-corrected chi connectivity index (χ0v) is 21.6. The predicted molar refractivity (Wildman–Crippen MR) is 139 cm³/mol. The van der Waals surface area contributed by atoms with E-state index in [0.29, 0.717) is 36.6 Å². The minimum absolute atomic E-state index is 0.0377. The Kier molecular flexibility index (Phi) is 10.0. The molecule has 0 aliphatic rings. The van der Waals surface area contributed by atoms with E-state index >= 15 is 0 Å². The van der Waals surface area contributed by atoms with Gasteiger partial charge in [-0.25, -0.2) is 0 Å². The minimum Gasteiger partial charge on any atom is -0.493 e. The Hall–Kier alpha value is -3.03. The van der Waals surface area contributed by atoms with Crippen molar-refractivity contribution in [2.24, 2.45) is 5.92 Å². The van der Waals surface area contributed by atoms with Crippen LogP contribution in [-0.2, 0) is 23.9 Å². The van der Waals surface area contributed by atoms with Gasteiger partial charge in [0.1, 0.15) is 5.75 Å². The number of carbonyl (C=O) groups is 1. The first-order chi connectivity index (χ1) is 17.5. The number of aliphatic carboxylic acids is 1. The Morgan fingerprint density at radius 3 is 2.38 bits per heavy atom. The highest BCUT2D eigenvalue weighted by Crippen LogP contribution is 2.36. The van der Waals surface area contributed by atoms with Gasteiger partial charge in [0.25, 0.3) is 0 Å². The average molecular weight is 534 g/mol. The van der Waals surface area contributed by atoms with E-state index in [4.69, 9.17) is 21.4 Å². The van der Waals surface area contributed by atoms with Crippen molar-refractivity contribution in [3.05, 3.63) is 100 Å². The van der Waals surface area contributed by atoms with Crippen LogP contribution in [0.15, 0.2) is 72.8 Å². The summed E-state index contributed by atoms with van der Waals surface area (Å²) < 4.78 is 46.2. The topological polar surface area (TPSA) is 49.8 Å². The average Bonchev–Trinajstić information content (AvgIpc) is 2.83. The van der Waals surface area contributed by atoms with E-state index in [0.717, 1.165) is 11.6 Å². The zero-order valence-electron chi connectivity index (χ0n) is 20.8. The molecule has 3 aromatic carbocycles. The second-order valence-electron chi connectivity index (χ2n) is 9.42. The molecule has 4 nitrogen and oxygen atoms in total. The standard InChI is InChI=1S/C29H31ClF3NO3/c1-20(19-37-25-12-6-8-22(14-25)15-27(35)36)16-34(17-21(2)23-9-4-3-5-10-23)18-24-11-7-13-26(28(24)30)29(31,32)33/h3-14,20-21H,15-19H2,1-2H3,(H,35,36)/t20-,21-/m1/s1. The summed E-state index contributed by atoms with van der Waals surface area (Å²) >= 11 is 6.21. The molecule has 0 unspecified atom stereocenters. The molecule has 0 aliphatic heterocycles. The van der Waals surface area contributed by atoms with E-state index < -0.39 is 17.7 Å². The van der Waals surface area contributed by atoms with Crippen molar-refractivity contribution in [1.29, 1.82) is 0 Å². The van der Waals surface area contributed by atoms with Gasteiger partial charge in [0.2, 0.25) is 0 Å². The van der Waals surface area contributed by atoms with E-state index in [1.807, 2.05) is 37.3 Å². The number of carboxylic acids is 1. The van der Waals surface area contributed by atoms with Crippen LogP contribution in [0.2, 0.25) is 5.02 Å². The van der Waals surface area contributed by atoms with Crippen LogP contribution >= 0.6 is 11.6 Å². The molecule has 198 valence electrons. The Morgan fingerprint density at radius 1 is 1.00 bits per heavy atom. The highest BCUT2D eigenvalue weighted by molar-refractivity contribution is 6.32. The molecule has 0 saturated carbocycles. The Balaban J connectivity index is 1.73. The van der Waals surface area contributed by atoms with Crippen molar-refractivity contribution >= 4 is 17.6 Å². The van der Waals surface area contributed by atoms with E-state index in [-0.39, 0.29) is 29.8 Å². The smallest absolute Gasteiger partial charge is 0.417 e. The number of ether oxygens (including phenoxy) is 1. The summed E-state index contributed by atoms with van der Waals surface area (Å²) in [7, 11) is 0. The molecule has 0 amide bonds. The van der Waals surface area contributed by atoms with Crippen LogP contribution in [0.25, 0.3) is 0 Å². The first-order valence-electron chi connectivity index (χ1n) is 12.1. The Morgan fingerprint density at radius 2 is 1.70 bits per heavy atom. The predicted octanol–water partition coefficient (Wildman–Crippen LogP) is 7.31. The van der Waals surface area contributed by atoms with Crippen LogP contribution in [-0.4, -0.2) is 35.7 Å². The maximum absolute atomic E-state index is 13.4. The summed E-state index contributed by atoms with van der Waals surface area (Å²) in [4.78, 5) is 13.1. The van der Waals surface area contributed by atoms with Gasteiger partial charge < -0.3 is 9.84 Å². The largest absolute Gasteiger partial charge is 0.493 e. The van der Waals surface area contributed by atoms with Gasteiger partial charge in [-0.3, -0.25) is 9.69 Å². The van der Waals surface area contributed by atoms with Crippen LogP contribution in [0.5, 0.6) is 5.75 Å². The maximum atomic E-state index is 13.4. The van der Waals surface area contributed by atoms with Crippen LogP contribution in [0.4, 0.5) is 13.2 Å². The molecule has 2 atom stereocenters. The fourth-order valence-corrected chi connectivity index (χ4v) is 4.58. The van der Waals surface area contributed by atoms with Crippen molar-refractivity contribution in [3.8, 4) is 5.75 Å². The number of rotatable bonds is 12. The van der Waals surface area contributed by atoms with Gasteiger partial charge in [-0.1, -0.05) is 80.0 Å². The maximum Gasteiger partial charge on any atom is 0.417 e. The lowest BCUT2D eigenvalue weighted by Gasteiger charge is -2.29. The molecular weight excluding hydrogens is 503 g/mol. The molecular formula is C29H31ClF3NO3. The highest BCUT2D eigenvalue weighted by atomic mass is 35.5. The molecule has 1 N–H and O–H groups in total. The molecule has 8 heteroatoms. The summed E-state index contributed by atoms with van der Waals surface area (Å²) in [5.74, 6) is -0.153. The monoisotopic (exact) mass is 533 g/mol. The fraction of sp³-hybridized carbons (Fsp3) is 0.345. The molecule has 0 aromatic heterocycles. The summed E-state index contributed by atoms with van der Waals surface area (Å²) in [5, 5.41) is 8.74. The van der Waals surface area contributed by atoms with Gasteiger partial charge in [-0.15, -0.1) is 0 Å². The summed E-state index contributed by atoms with van der Waals surface area (Å²) in [6, 6.07) is 20.9. The minimum atomic E-state index is -4.52. The summed E-state index contributed by atoms with van der Waals surface area (Å²) in [6.07, 6.45) is -4.61. The third-order valence-corrected chi connectivity index (χ3v) is 6.48. The third-order valence-electron chi connectivity index (χ3n) is 6.04. The fourth-order valence-electron chi connectivity index (χ4n) is 4.29. The van der Waals surface area contributed by atoms with E-state index in [1.165, 1.54) is 6.07 Å². The van der Waals surface area contributed by atoms with Crippen LogP contribution in [0, 0.1) is 5.92 Å². The molecule has 37 heavy (non-hydrogen) atoms. The van der Waals surface area contributed by atoms with Crippen LogP contribution in [0.1, 0.15) is 42.0 Å². The van der Waals surface area contributed by atoms with Gasteiger partial charge in [-0.2, -0.15) is 13.2 Å². The van der Waals surface area contributed by atoms with E-state index in [2.05, 4.69) is 11.8 Å². The number of alkyl halides is 3. The zero-order chi connectivity index (χ0) is 27.0. The number of benzene rings is 3. The quantitative estimate of drug-likeness (QED) is 0.265. The Labute approximate surface area is 220 Å². The highest BCUT2D eigenvalue weighted by Gasteiger charge is 2.34. The van der Waals surface area contributed by atoms with Crippen molar-refractivity contribution in [3.63, 3.8) is 0 Å². The summed E-state index contributed by atoms with van der Waals surface area (Å²) in [6.45, 7) is 5.91. The number of nitrogens with zero attached hydrogens (tertiary/aromatic N) is 1. The second kappa shape index (κ2) is 13.0. The van der Waals surface area contributed by atoms with E-state index in [1.54, 1.807) is 30.3 Å². The molecule has 0 saturated heterocycles. The van der Waals surface area contributed by atoms with Crippen molar-refractivity contribution < 1.29 is 27.8 Å². The number of halogens is 4. The first kappa shape index (κ1) is 28.5. The molecule has 0 heterocycles. The van der Waals surface area contributed by atoms with Crippen molar-refractivity contribution in [2.75, 3.05) is 19.7 Å². The number of carboxylic acid groups (broad SMARTS) is 1. The van der Waals surface area contributed by atoms with Gasteiger partial charge in [-0.05, 0) is 40.8 Å². The third kappa shape index (κ3) is 8.79. The molecule has 0 radical (unpaired) electrons. The van der Waals surface area contributed by atoms with Crippen LogP contribution in [0.3, 0.4) is 0 Å². The van der Waals surface area contributed by atoms with E-state index in [9.17, 15) is 18.0 Å². The lowest BCUT2D eigenvalue weighted by Crippen LogP contribution is -2.33. The van der Waals surface area contributed by atoms with Gasteiger partial charge >= 0.3 is 12.1 Å². The SMILES string of the molecule is C[C@@H](COc1cccc(CC(=O)O)c1)CN(Cc1cccc(C(F)(F)F)c1Cl)C[C@@H](C)c1ccccc1. The van der Waals surface area contributed by atoms with Crippen LogP contribution < -0.4 is 4.74 Å². The normalized spacial score (nSPS) is 13.4. The molecule has 3 aromatic rings.